The molecule has 0 aliphatic rings. The van der Waals surface area contributed by atoms with Gasteiger partial charge in [-0.25, -0.2) is 0 Å². The third kappa shape index (κ3) is 14.4. The van der Waals surface area contributed by atoms with Crippen molar-refractivity contribution in [2.75, 3.05) is 49.8 Å². The van der Waals surface area contributed by atoms with E-state index >= 15 is 0 Å². The summed E-state index contributed by atoms with van der Waals surface area (Å²) in [5, 5.41) is 14.0. The van der Waals surface area contributed by atoms with E-state index in [4.69, 9.17) is 42.0 Å². The number of ether oxygens (including phenoxy) is 7. The molecular weight excluding hydrogens is 981 g/mol. The quantitative estimate of drug-likeness (QED) is 0.0456. The highest BCUT2D eigenvalue weighted by Gasteiger charge is 2.53. The number of carbonyl (C=O) groups excluding carboxylic acids is 1. The predicted octanol–water partition coefficient (Wildman–Crippen LogP) is 10.2. The average molecular weight is 1060 g/mol. The molecule has 75 heavy (non-hydrogen) atoms. The molecular formula is C61H78O12Si2. The predicted molar refractivity (Wildman–Crippen MR) is 303 cm³/mol. The summed E-state index contributed by atoms with van der Waals surface area (Å²) >= 11 is 0. The molecule has 6 aromatic rings. The molecule has 402 valence electrons. The van der Waals surface area contributed by atoms with E-state index in [0.717, 1.165) is 21.5 Å². The van der Waals surface area contributed by atoms with Crippen molar-refractivity contribution in [3.8, 4) is 34.5 Å². The van der Waals surface area contributed by atoms with Gasteiger partial charge in [0.25, 0.3) is 16.6 Å². The Bertz CT molecular complexity index is 2580. The lowest BCUT2D eigenvalue weighted by Crippen LogP contribution is -2.67. The van der Waals surface area contributed by atoms with E-state index in [9.17, 15) is 14.7 Å². The van der Waals surface area contributed by atoms with Gasteiger partial charge in [0.05, 0.1) is 74.8 Å². The van der Waals surface area contributed by atoms with E-state index in [0.29, 0.717) is 60.2 Å². The summed E-state index contributed by atoms with van der Waals surface area (Å²) in [5.41, 5.74) is 1.95. The normalized spacial score (nSPS) is 12.5. The van der Waals surface area contributed by atoms with Gasteiger partial charge in [-0.3, -0.25) is 9.59 Å². The SMILES string of the molecule is COC(=O)CC(CCc1cc(OC)c(OC)c(OC)c1)O[Si](c1ccccc1)(c1ccccc1)C(C)(C)C.COc1cc(CCC(CC(=O)O)O[Si](c2ccccc2)(c2ccccc2)C(C)(C)C)cc(OC)c1OC. The minimum atomic E-state index is -2.90. The maximum Gasteiger partial charge on any atom is 0.308 e. The van der Waals surface area contributed by atoms with Crippen molar-refractivity contribution in [3.05, 3.63) is 157 Å². The van der Waals surface area contributed by atoms with Crippen molar-refractivity contribution in [3.63, 3.8) is 0 Å². The van der Waals surface area contributed by atoms with Crippen LogP contribution in [0.25, 0.3) is 0 Å². The van der Waals surface area contributed by atoms with Crippen LogP contribution in [-0.4, -0.2) is 95.7 Å². The van der Waals surface area contributed by atoms with Gasteiger partial charge in [-0.1, -0.05) is 163 Å². The highest BCUT2D eigenvalue weighted by Crippen LogP contribution is 2.43. The molecule has 0 heterocycles. The first-order chi connectivity index (χ1) is 35.8. The number of aliphatic carboxylic acids is 1. The number of hydrogen-bond donors (Lipinski definition) is 1. The number of carbonyl (C=O) groups is 2. The van der Waals surface area contributed by atoms with E-state index < -0.39 is 28.7 Å². The van der Waals surface area contributed by atoms with E-state index in [1.807, 2.05) is 72.8 Å². The molecule has 0 bridgehead atoms. The molecule has 12 nitrogen and oxygen atoms in total. The van der Waals surface area contributed by atoms with Gasteiger partial charge in [0.15, 0.2) is 23.0 Å². The first-order valence-electron chi connectivity index (χ1n) is 25.3. The molecule has 0 spiro atoms. The fraction of sp³-hybridized carbons (Fsp3) is 0.377. The molecule has 0 aromatic heterocycles. The molecule has 1 N–H and O–H groups in total. The summed E-state index contributed by atoms with van der Waals surface area (Å²) in [6.07, 6.45) is 1.58. The maximum absolute atomic E-state index is 12.6. The summed E-state index contributed by atoms with van der Waals surface area (Å²) in [6.45, 7) is 13.3. The van der Waals surface area contributed by atoms with Crippen molar-refractivity contribution >= 4 is 49.3 Å². The second kappa shape index (κ2) is 27.3. The van der Waals surface area contributed by atoms with Crippen molar-refractivity contribution in [1.29, 1.82) is 0 Å². The van der Waals surface area contributed by atoms with Crippen LogP contribution in [0.1, 0.15) is 78.4 Å². The molecule has 0 aliphatic heterocycles. The molecule has 2 atom stereocenters. The summed E-state index contributed by atoms with van der Waals surface area (Å²) < 4.78 is 52.5. The second-order valence-electron chi connectivity index (χ2n) is 20.3. The molecule has 0 radical (unpaired) electrons. The van der Waals surface area contributed by atoms with Gasteiger partial charge >= 0.3 is 11.9 Å². The molecule has 14 heteroatoms. The minimum absolute atomic E-state index is 0.0884. The topological polar surface area (TPSA) is 137 Å². The lowest BCUT2D eigenvalue weighted by atomic mass is 10.0. The molecule has 0 saturated carbocycles. The molecule has 2 unspecified atom stereocenters. The van der Waals surface area contributed by atoms with Crippen LogP contribution in [0.2, 0.25) is 10.1 Å². The number of benzene rings is 6. The number of aryl methyl sites for hydroxylation is 2. The number of esters is 1. The summed E-state index contributed by atoms with van der Waals surface area (Å²) in [7, 11) is 5.19. The number of hydrogen-bond acceptors (Lipinski definition) is 11. The van der Waals surface area contributed by atoms with E-state index in [1.165, 1.54) is 17.5 Å². The van der Waals surface area contributed by atoms with Crippen LogP contribution in [-0.2, 0) is 36.0 Å². The minimum Gasteiger partial charge on any atom is -0.493 e. The van der Waals surface area contributed by atoms with Gasteiger partial charge in [0.2, 0.25) is 11.5 Å². The molecule has 0 saturated heterocycles. The van der Waals surface area contributed by atoms with Crippen LogP contribution in [0.3, 0.4) is 0 Å². The Kier molecular flexibility index (Phi) is 21.6. The summed E-state index contributed by atoms with van der Waals surface area (Å²) in [4.78, 5) is 24.6. The summed E-state index contributed by atoms with van der Waals surface area (Å²) in [6, 6.07) is 49.1. The Morgan fingerprint density at radius 2 is 0.720 bits per heavy atom. The third-order valence-electron chi connectivity index (χ3n) is 13.5. The highest BCUT2D eigenvalue weighted by molar-refractivity contribution is 7.00. The van der Waals surface area contributed by atoms with E-state index in [2.05, 4.69) is 114 Å². The second-order valence-corrected chi connectivity index (χ2v) is 28.8. The average Bonchev–Trinajstić information content (AvgIpc) is 3.41. The third-order valence-corrected chi connectivity index (χ3v) is 23.7. The number of carboxylic acids is 1. The first-order valence-corrected chi connectivity index (χ1v) is 29.1. The van der Waals surface area contributed by atoms with E-state index in [-0.39, 0.29) is 35.0 Å². The Labute approximate surface area is 447 Å². The van der Waals surface area contributed by atoms with Gasteiger partial charge in [-0.2, -0.15) is 0 Å². The summed E-state index contributed by atoms with van der Waals surface area (Å²) in [5.74, 6) is 2.23. The number of methoxy groups -OCH3 is 7. The van der Waals surface area contributed by atoms with Gasteiger partial charge in [0, 0.05) is 0 Å². The first kappa shape index (κ1) is 59.3. The standard InChI is InChI=1S/C31H40O6Si.C30H38O6Si/c1-31(2,3)38(25-14-10-8-11-15-25,26-16-12-9-13-17-26)37-24(22-29(32)35-6)19-18-23-20-27(33-4)30(36-7)28(21-23)34-5;1-30(2,3)37(24-13-9-7-10-14-24,25-15-11-8-12-16-25)36-23(21-28(31)32)18-17-22-19-26(33-4)29(35-6)27(20-22)34-5/h8-17,20-21,24H,18-19,22H2,1-7H3;7-16,19-20,23H,17-18,21H2,1-6H3,(H,31,32). The van der Waals surface area contributed by atoms with Crippen molar-refractivity contribution in [2.24, 2.45) is 0 Å². The van der Waals surface area contributed by atoms with Gasteiger partial charge < -0.3 is 47.1 Å². The zero-order chi connectivity index (χ0) is 54.8. The van der Waals surface area contributed by atoms with Crippen LogP contribution >= 0.6 is 0 Å². The van der Waals surface area contributed by atoms with E-state index in [1.54, 1.807) is 42.7 Å². The van der Waals surface area contributed by atoms with Gasteiger partial charge in [0.1, 0.15) is 0 Å². The van der Waals surface area contributed by atoms with Crippen molar-refractivity contribution in [2.45, 2.75) is 102 Å². The molecule has 0 fully saturated rings. The zero-order valence-electron chi connectivity index (χ0n) is 46.2. The largest absolute Gasteiger partial charge is 0.493 e. The maximum atomic E-state index is 12.6. The highest BCUT2D eigenvalue weighted by atomic mass is 28.4. The molecule has 0 aliphatic carbocycles. The smallest absolute Gasteiger partial charge is 0.308 e. The van der Waals surface area contributed by atoms with Crippen molar-refractivity contribution in [1.82, 2.24) is 0 Å². The van der Waals surface area contributed by atoms with Crippen LogP contribution in [0, 0.1) is 0 Å². The number of carboxylic acid groups (broad SMARTS) is 1. The lowest BCUT2D eigenvalue weighted by molar-refractivity contribution is -0.142. The fourth-order valence-electron chi connectivity index (χ4n) is 9.97. The van der Waals surface area contributed by atoms with Gasteiger partial charge in [-0.15, -0.1) is 0 Å². The Balaban J connectivity index is 0.000000277. The Morgan fingerprint density at radius 1 is 0.440 bits per heavy atom. The Hall–Kier alpha value is -6.59. The van der Waals surface area contributed by atoms with Crippen molar-refractivity contribution < 1.29 is 56.7 Å². The van der Waals surface area contributed by atoms with Crippen LogP contribution in [0.4, 0.5) is 0 Å². The van der Waals surface area contributed by atoms with Crippen LogP contribution in [0.15, 0.2) is 146 Å². The Morgan fingerprint density at radius 3 is 0.947 bits per heavy atom. The number of rotatable bonds is 24. The zero-order valence-corrected chi connectivity index (χ0v) is 48.2. The van der Waals surface area contributed by atoms with Crippen LogP contribution in [0.5, 0.6) is 34.5 Å². The monoisotopic (exact) mass is 1060 g/mol. The lowest BCUT2D eigenvalue weighted by Gasteiger charge is -2.45. The van der Waals surface area contributed by atoms with Crippen LogP contribution < -0.4 is 49.2 Å². The van der Waals surface area contributed by atoms with Gasteiger partial charge in [-0.05, 0) is 91.9 Å². The molecule has 6 rings (SSSR count). The molecule has 0 amide bonds. The fourth-order valence-corrected chi connectivity index (χ4v) is 19.4. The molecule has 6 aromatic carbocycles.